The zero-order valence-electron chi connectivity index (χ0n) is 10.4. The fraction of sp³-hybridized carbons (Fsp3) is 0.154. The Labute approximate surface area is 109 Å². The third kappa shape index (κ3) is 2.62. The minimum absolute atomic E-state index is 0.0371. The number of pyridine rings is 1. The first-order valence-corrected chi connectivity index (χ1v) is 5.68. The number of aromatic nitrogens is 1. The molecule has 0 spiro atoms. The summed E-state index contributed by atoms with van der Waals surface area (Å²) in [4.78, 5) is 22.1. The van der Waals surface area contributed by atoms with Crippen molar-refractivity contribution in [2.24, 2.45) is 0 Å². The van der Waals surface area contributed by atoms with E-state index in [9.17, 15) is 14.9 Å². The Kier molecular flexibility index (Phi) is 3.33. The number of anilines is 1. The molecule has 2 N–H and O–H groups in total. The van der Waals surface area contributed by atoms with Crippen molar-refractivity contribution in [1.82, 2.24) is 4.57 Å². The van der Waals surface area contributed by atoms with Gasteiger partial charge < -0.3 is 10.3 Å². The SMILES string of the molecule is Cc1cccn(Cc2cc([N+](=O)[O-])ccc2N)c1=O. The number of nitrogen functional groups attached to an aromatic ring is 1. The lowest BCUT2D eigenvalue weighted by molar-refractivity contribution is -0.384. The maximum atomic E-state index is 11.9. The summed E-state index contributed by atoms with van der Waals surface area (Å²) in [5, 5.41) is 10.7. The second-order valence-electron chi connectivity index (χ2n) is 4.26. The molecule has 19 heavy (non-hydrogen) atoms. The van der Waals surface area contributed by atoms with Gasteiger partial charge in [0.1, 0.15) is 0 Å². The first-order valence-electron chi connectivity index (χ1n) is 5.68. The van der Waals surface area contributed by atoms with Crippen molar-refractivity contribution in [3.8, 4) is 0 Å². The fourth-order valence-electron chi connectivity index (χ4n) is 1.81. The highest BCUT2D eigenvalue weighted by molar-refractivity contribution is 5.52. The lowest BCUT2D eigenvalue weighted by atomic mass is 10.1. The molecule has 0 bridgehead atoms. The number of rotatable bonds is 3. The highest BCUT2D eigenvalue weighted by Crippen LogP contribution is 2.20. The normalized spacial score (nSPS) is 10.4. The van der Waals surface area contributed by atoms with Crippen molar-refractivity contribution in [3.63, 3.8) is 0 Å². The zero-order chi connectivity index (χ0) is 14.0. The lowest BCUT2D eigenvalue weighted by Crippen LogP contribution is -2.22. The van der Waals surface area contributed by atoms with Gasteiger partial charge in [0.05, 0.1) is 11.5 Å². The Morgan fingerprint density at radius 1 is 1.37 bits per heavy atom. The Bertz CT molecular complexity index is 692. The predicted octanol–water partition coefficient (Wildman–Crippen LogP) is 1.70. The van der Waals surface area contributed by atoms with E-state index in [1.165, 1.54) is 22.8 Å². The van der Waals surface area contributed by atoms with E-state index in [4.69, 9.17) is 5.73 Å². The van der Waals surface area contributed by atoms with E-state index in [-0.39, 0.29) is 17.8 Å². The van der Waals surface area contributed by atoms with Crippen LogP contribution in [-0.2, 0) is 6.54 Å². The van der Waals surface area contributed by atoms with Gasteiger partial charge in [-0.25, -0.2) is 0 Å². The van der Waals surface area contributed by atoms with Crippen molar-refractivity contribution in [2.75, 3.05) is 5.73 Å². The molecule has 0 saturated heterocycles. The van der Waals surface area contributed by atoms with E-state index in [0.29, 0.717) is 16.8 Å². The molecule has 1 aromatic heterocycles. The topological polar surface area (TPSA) is 91.2 Å². The molecule has 98 valence electrons. The Balaban J connectivity index is 2.43. The first-order chi connectivity index (χ1) is 8.99. The second kappa shape index (κ2) is 4.93. The summed E-state index contributed by atoms with van der Waals surface area (Å²) >= 11 is 0. The molecule has 0 amide bonds. The molecule has 2 rings (SSSR count). The van der Waals surface area contributed by atoms with Crippen LogP contribution in [0.15, 0.2) is 41.3 Å². The number of nitro groups is 1. The van der Waals surface area contributed by atoms with Gasteiger partial charge in [-0.05, 0) is 19.1 Å². The molecule has 0 aliphatic heterocycles. The van der Waals surface area contributed by atoms with Crippen molar-refractivity contribution < 1.29 is 4.92 Å². The number of hydrogen-bond acceptors (Lipinski definition) is 4. The third-order valence-electron chi connectivity index (χ3n) is 2.89. The van der Waals surface area contributed by atoms with Crippen molar-refractivity contribution >= 4 is 11.4 Å². The van der Waals surface area contributed by atoms with Crippen molar-refractivity contribution in [3.05, 3.63) is 68.1 Å². The molecule has 0 radical (unpaired) electrons. The minimum Gasteiger partial charge on any atom is -0.398 e. The second-order valence-corrected chi connectivity index (χ2v) is 4.26. The van der Waals surface area contributed by atoms with Crippen LogP contribution in [0.4, 0.5) is 11.4 Å². The standard InChI is InChI=1S/C13H13N3O3/c1-9-3-2-6-15(13(9)17)8-10-7-11(16(18)19)4-5-12(10)14/h2-7H,8,14H2,1H3. The molecular weight excluding hydrogens is 246 g/mol. The first kappa shape index (κ1) is 12.8. The molecule has 0 saturated carbocycles. The minimum atomic E-state index is -0.484. The molecule has 0 aliphatic carbocycles. The van der Waals surface area contributed by atoms with Gasteiger partial charge in [-0.15, -0.1) is 0 Å². The van der Waals surface area contributed by atoms with Gasteiger partial charge in [0, 0.05) is 35.1 Å². The molecule has 1 heterocycles. The van der Waals surface area contributed by atoms with Crippen LogP contribution in [0.5, 0.6) is 0 Å². The van der Waals surface area contributed by atoms with Gasteiger partial charge in [0.25, 0.3) is 11.2 Å². The van der Waals surface area contributed by atoms with E-state index in [1.54, 1.807) is 25.3 Å². The number of nitrogens with two attached hydrogens (primary N) is 1. The quantitative estimate of drug-likeness (QED) is 0.516. The Morgan fingerprint density at radius 3 is 2.79 bits per heavy atom. The molecule has 1 aromatic carbocycles. The lowest BCUT2D eigenvalue weighted by Gasteiger charge is -2.09. The number of aryl methyl sites for hydroxylation is 1. The summed E-state index contributed by atoms with van der Waals surface area (Å²) in [5.74, 6) is 0. The molecule has 2 aromatic rings. The van der Waals surface area contributed by atoms with Crippen LogP contribution >= 0.6 is 0 Å². The smallest absolute Gasteiger partial charge is 0.269 e. The van der Waals surface area contributed by atoms with E-state index in [2.05, 4.69) is 0 Å². The summed E-state index contributed by atoms with van der Waals surface area (Å²) < 4.78 is 1.48. The molecule has 6 heteroatoms. The number of nitro benzene ring substituents is 1. The molecule has 0 unspecified atom stereocenters. The van der Waals surface area contributed by atoms with E-state index >= 15 is 0 Å². The number of nitrogens with zero attached hydrogens (tertiary/aromatic N) is 2. The predicted molar refractivity (Wildman–Crippen MR) is 72.0 cm³/mol. The van der Waals surface area contributed by atoms with Crippen LogP contribution in [0.25, 0.3) is 0 Å². The van der Waals surface area contributed by atoms with Gasteiger partial charge in [-0.3, -0.25) is 14.9 Å². The largest absolute Gasteiger partial charge is 0.398 e. The molecule has 0 fully saturated rings. The summed E-state index contributed by atoms with van der Waals surface area (Å²) in [7, 11) is 0. The number of non-ortho nitro benzene ring substituents is 1. The van der Waals surface area contributed by atoms with Gasteiger partial charge in [0.15, 0.2) is 0 Å². The summed E-state index contributed by atoms with van der Waals surface area (Å²) in [6.45, 7) is 1.93. The van der Waals surface area contributed by atoms with Crippen LogP contribution < -0.4 is 11.3 Å². The molecular formula is C13H13N3O3. The Hall–Kier alpha value is -2.63. The van der Waals surface area contributed by atoms with Crippen LogP contribution in [0.3, 0.4) is 0 Å². The van der Waals surface area contributed by atoms with E-state index < -0.39 is 4.92 Å². The average Bonchev–Trinajstić information content (AvgIpc) is 2.37. The van der Waals surface area contributed by atoms with E-state index in [1.807, 2.05) is 0 Å². The maximum Gasteiger partial charge on any atom is 0.269 e. The summed E-state index contributed by atoms with van der Waals surface area (Å²) in [6.07, 6.45) is 1.63. The summed E-state index contributed by atoms with van der Waals surface area (Å²) in [5.41, 5.74) is 7.22. The van der Waals surface area contributed by atoms with Crippen LogP contribution in [0.2, 0.25) is 0 Å². The Morgan fingerprint density at radius 2 is 2.11 bits per heavy atom. The van der Waals surface area contributed by atoms with Crippen LogP contribution in [0, 0.1) is 17.0 Å². The average molecular weight is 259 g/mol. The van der Waals surface area contributed by atoms with Crippen LogP contribution in [0.1, 0.15) is 11.1 Å². The van der Waals surface area contributed by atoms with Gasteiger partial charge >= 0.3 is 0 Å². The van der Waals surface area contributed by atoms with E-state index in [0.717, 1.165) is 0 Å². The summed E-state index contributed by atoms with van der Waals surface area (Å²) in [6, 6.07) is 7.69. The third-order valence-corrected chi connectivity index (χ3v) is 2.89. The zero-order valence-corrected chi connectivity index (χ0v) is 10.4. The highest BCUT2D eigenvalue weighted by Gasteiger charge is 2.10. The molecule has 6 nitrogen and oxygen atoms in total. The highest BCUT2D eigenvalue weighted by atomic mass is 16.6. The van der Waals surface area contributed by atoms with Gasteiger partial charge in [-0.2, -0.15) is 0 Å². The molecule has 0 aliphatic rings. The number of benzene rings is 1. The van der Waals surface area contributed by atoms with Gasteiger partial charge in [-0.1, -0.05) is 6.07 Å². The number of hydrogen-bond donors (Lipinski definition) is 1. The maximum absolute atomic E-state index is 11.9. The van der Waals surface area contributed by atoms with Crippen molar-refractivity contribution in [2.45, 2.75) is 13.5 Å². The van der Waals surface area contributed by atoms with Gasteiger partial charge in [0.2, 0.25) is 0 Å². The monoisotopic (exact) mass is 259 g/mol. The fourth-order valence-corrected chi connectivity index (χ4v) is 1.81. The van der Waals surface area contributed by atoms with Crippen molar-refractivity contribution in [1.29, 1.82) is 0 Å². The van der Waals surface area contributed by atoms with Crippen LogP contribution in [-0.4, -0.2) is 9.49 Å². The molecule has 0 atom stereocenters.